The van der Waals surface area contributed by atoms with Gasteiger partial charge in [0.25, 0.3) is 5.56 Å². The maximum Gasteiger partial charge on any atom is 0.262 e. The molecule has 2 aliphatic carbocycles. The highest BCUT2D eigenvalue weighted by atomic mass is 32.1. The molecule has 6 heteroatoms. The molecule has 0 bridgehead atoms. The van der Waals surface area contributed by atoms with Gasteiger partial charge in [-0.25, -0.2) is 4.98 Å². The number of nitrogens with zero attached hydrogens (tertiary/aromatic N) is 2. The molecule has 26 heavy (non-hydrogen) atoms. The Morgan fingerprint density at radius 3 is 2.92 bits per heavy atom. The van der Waals surface area contributed by atoms with E-state index in [1.54, 1.807) is 11.3 Å². The normalized spacial score (nSPS) is 15.2. The van der Waals surface area contributed by atoms with Gasteiger partial charge in [-0.15, -0.1) is 11.3 Å². The van der Waals surface area contributed by atoms with Gasteiger partial charge in [0, 0.05) is 10.6 Å². The van der Waals surface area contributed by atoms with Gasteiger partial charge in [-0.05, 0) is 67.3 Å². The minimum atomic E-state index is -0.196. The molecule has 0 saturated carbocycles. The minimum absolute atomic E-state index is 0.0104. The number of anilines is 1. The van der Waals surface area contributed by atoms with Crippen LogP contribution in [0.2, 0.25) is 0 Å². The Hall–Kier alpha value is -2.47. The molecule has 132 valence electrons. The van der Waals surface area contributed by atoms with Crippen LogP contribution in [0.4, 0.5) is 5.69 Å². The Morgan fingerprint density at radius 2 is 2.00 bits per heavy atom. The molecule has 2 aliphatic rings. The monoisotopic (exact) mass is 365 g/mol. The van der Waals surface area contributed by atoms with Crippen LogP contribution >= 0.6 is 11.3 Å². The first-order valence-electron chi connectivity index (χ1n) is 9.10. The fourth-order valence-electron chi connectivity index (χ4n) is 4.14. The van der Waals surface area contributed by atoms with Crippen molar-refractivity contribution < 1.29 is 4.79 Å². The lowest BCUT2D eigenvalue weighted by atomic mass is 10.1. The van der Waals surface area contributed by atoms with E-state index in [0.717, 1.165) is 53.6 Å². The van der Waals surface area contributed by atoms with E-state index in [1.807, 2.05) is 6.07 Å². The van der Waals surface area contributed by atoms with Crippen molar-refractivity contribution in [2.45, 2.75) is 45.1 Å². The van der Waals surface area contributed by atoms with Crippen molar-refractivity contribution in [2.75, 3.05) is 5.32 Å². The maximum absolute atomic E-state index is 12.8. The highest BCUT2D eigenvalue weighted by Gasteiger charge is 2.21. The van der Waals surface area contributed by atoms with E-state index in [4.69, 9.17) is 0 Å². The standard InChI is InChI=1S/C20H19N3O2S/c24-17(22-14-8-7-12-3-1-4-13(12)9-14)10-23-11-21-19-18(20(23)25)15-5-2-6-16(15)26-19/h7-9,11H,1-6,10H2,(H,22,24). The average molecular weight is 365 g/mol. The summed E-state index contributed by atoms with van der Waals surface area (Å²) in [7, 11) is 0. The van der Waals surface area contributed by atoms with E-state index in [-0.39, 0.29) is 18.0 Å². The van der Waals surface area contributed by atoms with Gasteiger partial charge in [0.1, 0.15) is 11.4 Å². The second-order valence-corrected chi connectivity index (χ2v) is 8.18. The number of amides is 1. The van der Waals surface area contributed by atoms with Crippen LogP contribution in [0.3, 0.4) is 0 Å². The summed E-state index contributed by atoms with van der Waals surface area (Å²) < 4.78 is 1.43. The molecule has 1 N–H and O–H groups in total. The van der Waals surface area contributed by atoms with Gasteiger partial charge in [0.2, 0.25) is 5.91 Å². The zero-order chi connectivity index (χ0) is 17.7. The Bertz CT molecular complexity index is 1100. The van der Waals surface area contributed by atoms with E-state index in [0.29, 0.717) is 0 Å². The lowest BCUT2D eigenvalue weighted by Gasteiger charge is -2.09. The minimum Gasteiger partial charge on any atom is -0.325 e. The van der Waals surface area contributed by atoms with Crippen LogP contribution in [0.15, 0.2) is 29.3 Å². The summed E-state index contributed by atoms with van der Waals surface area (Å²) in [4.78, 5) is 31.8. The second-order valence-electron chi connectivity index (χ2n) is 7.10. The Morgan fingerprint density at radius 1 is 1.15 bits per heavy atom. The van der Waals surface area contributed by atoms with E-state index in [2.05, 4.69) is 22.4 Å². The number of hydrogen-bond donors (Lipinski definition) is 1. The Labute approximate surface area is 154 Å². The fraction of sp³-hybridized carbons (Fsp3) is 0.350. The van der Waals surface area contributed by atoms with E-state index in [9.17, 15) is 9.59 Å². The van der Waals surface area contributed by atoms with Gasteiger partial charge in [-0.1, -0.05) is 6.07 Å². The third kappa shape index (κ3) is 2.56. The first kappa shape index (κ1) is 15.8. The fourth-order valence-corrected chi connectivity index (χ4v) is 5.36. The number of hydrogen-bond acceptors (Lipinski definition) is 4. The number of aryl methyl sites for hydroxylation is 4. The average Bonchev–Trinajstić information content (AvgIpc) is 3.32. The third-order valence-electron chi connectivity index (χ3n) is 5.39. The first-order valence-corrected chi connectivity index (χ1v) is 9.92. The number of thiophene rings is 1. The molecule has 0 radical (unpaired) electrons. The molecule has 5 nitrogen and oxygen atoms in total. The molecule has 0 fully saturated rings. The quantitative estimate of drug-likeness (QED) is 0.776. The number of carbonyl (C=O) groups excluding carboxylic acids is 1. The van der Waals surface area contributed by atoms with Crippen molar-refractivity contribution in [1.82, 2.24) is 9.55 Å². The number of benzene rings is 1. The molecule has 1 aromatic carbocycles. The number of carbonyl (C=O) groups is 1. The summed E-state index contributed by atoms with van der Waals surface area (Å²) in [5.74, 6) is -0.196. The Kier molecular flexibility index (Phi) is 3.67. The second kappa shape index (κ2) is 6.06. The summed E-state index contributed by atoms with van der Waals surface area (Å²) in [6.45, 7) is -0.0104. The predicted octanol–water partition coefficient (Wildman–Crippen LogP) is 3.07. The largest absolute Gasteiger partial charge is 0.325 e. The summed E-state index contributed by atoms with van der Waals surface area (Å²) >= 11 is 1.62. The smallest absolute Gasteiger partial charge is 0.262 e. The van der Waals surface area contributed by atoms with Crippen molar-refractivity contribution in [3.63, 3.8) is 0 Å². The predicted molar refractivity (Wildman–Crippen MR) is 103 cm³/mol. The van der Waals surface area contributed by atoms with E-state index < -0.39 is 0 Å². The molecule has 0 atom stereocenters. The summed E-state index contributed by atoms with van der Waals surface area (Å²) in [6.07, 6.45) is 7.95. The topological polar surface area (TPSA) is 64.0 Å². The lowest BCUT2D eigenvalue weighted by molar-refractivity contribution is -0.116. The molecular weight excluding hydrogens is 346 g/mol. The molecule has 5 rings (SSSR count). The van der Waals surface area contributed by atoms with Crippen LogP contribution in [-0.2, 0) is 37.0 Å². The molecule has 0 aliphatic heterocycles. The van der Waals surface area contributed by atoms with Crippen molar-refractivity contribution in [2.24, 2.45) is 0 Å². The molecule has 2 heterocycles. The highest BCUT2D eigenvalue weighted by Crippen LogP contribution is 2.34. The van der Waals surface area contributed by atoms with Crippen LogP contribution in [0.25, 0.3) is 10.2 Å². The number of aromatic nitrogens is 2. The summed E-state index contributed by atoms with van der Waals surface area (Å²) in [5.41, 5.74) is 4.54. The molecular formula is C20H19N3O2S. The van der Waals surface area contributed by atoms with Crippen LogP contribution in [-0.4, -0.2) is 15.5 Å². The van der Waals surface area contributed by atoms with Crippen molar-refractivity contribution in [3.05, 3.63) is 56.4 Å². The summed E-state index contributed by atoms with van der Waals surface area (Å²) in [6, 6.07) is 6.08. The molecule has 0 unspecified atom stereocenters. The van der Waals surface area contributed by atoms with Gasteiger partial charge >= 0.3 is 0 Å². The molecule has 0 spiro atoms. The highest BCUT2D eigenvalue weighted by molar-refractivity contribution is 7.18. The molecule has 3 aromatic rings. The van der Waals surface area contributed by atoms with Crippen LogP contribution in [0.1, 0.15) is 34.4 Å². The molecule has 0 saturated heterocycles. The maximum atomic E-state index is 12.8. The summed E-state index contributed by atoms with van der Waals surface area (Å²) in [5, 5.41) is 3.64. The van der Waals surface area contributed by atoms with Gasteiger partial charge < -0.3 is 5.32 Å². The Balaban J connectivity index is 1.40. The van der Waals surface area contributed by atoms with E-state index >= 15 is 0 Å². The van der Waals surface area contributed by atoms with Gasteiger partial charge in [-0.3, -0.25) is 14.2 Å². The third-order valence-corrected chi connectivity index (χ3v) is 6.59. The van der Waals surface area contributed by atoms with E-state index in [1.165, 1.54) is 33.3 Å². The molecule has 1 amide bonds. The number of rotatable bonds is 3. The SMILES string of the molecule is O=C(Cn1cnc2sc3c(c2c1=O)CCC3)Nc1ccc2c(c1)CCC2. The van der Waals surface area contributed by atoms with Crippen LogP contribution in [0.5, 0.6) is 0 Å². The van der Waals surface area contributed by atoms with Crippen LogP contribution < -0.4 is 10.9 Å². The van der Waals surface area contributed by atoms with Gasteiger partial charge in [0.15, 0.2) is 0 Å². The van der Waals surface area contributed by atoms with Crippen molar-refractivity contribution >= 4 is 33.1 Å². The number of fused-ring (bicyclic) bond motifs is 4. The zero-order valence-electron chi connectivity index (χ0n) is 14.4. The van der Waals surface area contributed by atoms with Crippen molar-refractivity contribution in [3.8, 4) is 0 Å². The van der Waals surface area contributed by atoms with Gasteiger partial charge in [0.05, 0.1) is 11.7 Å². The number of nitrogens with one attached hydrogen (secondary N) is 1. The zero-order valence-corrected chi connectivity index (χ0v) is 15.2. The van der Waals surface area contributed by atoms with Crippen LogP contribution in [0, 0.1) is 0 Å². The lowest BCUT2D eigenvalue weighted by Crippen LogP contribution is -2.28. The van der Waals surface area contributed by atoms with Gasteiger partial charge in [-0.2, -0.15) is 0 Å². The first-order chi connectivity index (χ1) is 12.7. The van der Waals surface area contributed by atoms with Crippen molar-refractivity contribution in [1.29, 1.82) is 0 Å². The molecule has 2 aromatic heterocycles.